The first-order valence-electron chi connectivity index (χ1n) is 10.2. The zero-order valence-electron chi connectivity index (χ0n) is 19.0. The molecular weight excluding hydrogens is 520 g/mol. The molecule has 0 aliphatic heterocycles. The average molecular weight is 540 g/mol. The van der Waals surface area contributed by atoms with Crippen molar-refractivity contribution in [2.75, 3.05) is 30.9 Å². The molecule has 1 aromatic carbocycles. The summed E-state index contributed by atoms with van der Waals surface area (Å²) >= 11 is 11.9. The molecule has 0 spiro atoms. The summed E-state index contributed by atoms with van der Waals surface area (Å²) in [4.78, 5) is 42.8. The molecule has 36 heavy (non-hydrogen) atoms. The van der Waals surface area contributed by atoms with E-state index in [9.17, 15) is 18.8 Å². The zero-order chi connectivity index (χ0) is 26.2. The number of carbonyl (C=O) groups is 3. The van der Waals surface area contributed by atoms with E-state index in [0.717, 1.165) is 21.8 Å². The Morgan fingerprint density at radius 3 is 2.67 bits per heavy atom. The first kappa shape index (κ1) is 26.8. The molecular formula is C21H20Cl2FN7O5. The van der Waals surface area contributed by atoms with Crippen molar-refractivity contribution in [3.63, 3.8) is 0 Å². The van der Waals surface area contributed by atoms with E-state index in [1.807, 2.05) is 0 Å². The van der Waals surface area contributed by atoms with Gasteiger partial charge in [-0.15, -0.1) is 15.0 Å². The second-order valence-electron chi connectivity index (χ2n) is 7.07. The molecule has 0 atom stereocenters. The van der Waals surface area contributed by atoms with Crippen LogP contribution in [0.5, 0.6) is 0 Å². The van der Waals surface area contributed by atoms with Crippen molar-refractivity contribution in [3.8, 4) is 0 Å². The summed E-state index contributed by atoms with van der Waals surface area (Å²) in [5.74, 6) is -1.58. The lowest BCUT2D eigenvalue weighted by Gasteiger charge is -2.18. The Bertz CT molecular complexity index is 1270. The van der Waals surface area contributed by atoms with Crippen molar-refractivity contribution in [3.05, 3.63) is 63.8 Å². The molecule has 2 aromatic heterocycles. The van der Waals surface area contributed by atoms with Gasteiger partial charge in [-0.25, -0.2) is 14.2 Å². The standard InChI is InChI=1S/C21H20Cl2FN7O5/c1-25-9-16(32)35-10-12-4-3-7-26-19(12)30(2)21(34)36-11-31-28-17(18(23)29-31)20(33)27-15-6-5-13(24)8-14(15)22/h3-8,25H,9-11H2,1-2H3,(H,27,33). The number of anilines is 2. The van der Waals surface area contributed by atoms with Gasteiger partial charge in [0, 0.05) is 18.8 Å². The number of halogens is 3. The predicted molar refractivity (Wildman–Crippen MR) is 127 cm³/mol. The molecule has 0 fully saturated rings. The molecule has 12 nitrogen and oxygen atoms in total. The molecule has 190 valence electrons. The highest BCUT2D eigenvalue weighted by atomic mass is 35.5. The third-order valence-corrected chi connectivity index (χ3v) is 5.05. The molecule has 0 aliphatic carbocycles. The smallest absolute Gasteiger partial charge is 0.417 e. The first-order valence-corrected chi connectivity index (χ1v) is 11.0. The third-order valence-electron chi connectivity index (χ3n) is 4.48. The summed E-state index contributed by atoms with van der Waals surface area (Å²) in [7, 11) is 3.02. The van der Waals surface area contributed by atoms with Gasteiger partial charge in [-0.2, -0.15) is 0 Å². The van der Waals surface area contributed by atoms with E-state index in [2.05, 4.69) is 25.8 Å². The normalized spacial score (nSPS) is 10.6. The molecule has 3 aromatic rings. The van der Waals surface area contributed by atoms with Gasteiger partial charge in [-0.05, 0) is 31.3 Å². The van der Waals surface area contributed by atoms with Crippen molar-refractivity contribution >= 4 is 52.7 Å². The number of amides is 2. The number of likely N-dealkylation sites (N-methyl/N-ethyl adjacent to an activating group) is 1. The summed E-state index contributed by atoms with van der Waals surface area (Å²) in [5.41, 5.74) is 0.349. The molecule has 2 N–H and O–H groups in total. The van der Waals surface area contributed by atoms with Crippen molar-refractivity contribution in [1.82, 2.24) is 25.3 Å². The van der Waals surface area contributed by atoms with Gasteiger partial charge in [0.15, 0.2) is 10.8 Å². The minimum Gasteiger partial charge on any atom is -0.460 e. The maximum atomic E-state index is 13.2. The predicted octanol–water partition coefficient (Wildman–Crippen LogP) is 2.86. The van der Waals surface area contributed by atoms with Crippen LogP contribution >= 0.6 is 23.2 Å². The van der Waals surface area contributed by atoms with Gasteiger partial charge in [0.05, 0.1) is 17.3 Å². The van der Waals surface area contributed by atoms with Crippen LogP contribution in [0.15, 0.2) is 36.5 Å². The lowest BCUT2D eigenvalue weighted by molar-refractivity contribution is -0.143. The second-order valence-corrected chi connectivity index (χ2v) is 7.83. The van der Waals surface area contributed by atoms with Crippen molar-refractivity contribution < 1.29 is 28.2 Å². The Morgan fingerprint density at radius 2 is 1.94 bits per heavy atom. The van der Waals surface area contributed by atoms with Gasteiger partial charge in [-0.1, -0.05) is 29.3 Å². The number of carbonyl (C=O) groups excluding carboxylic acids is 3. The number of pyridine rings is 1. The summed E-state index contributed by atoms with van der Waals surface area (Å²) in [6.45, 7) is -0.551. The van der Waals surface area contributed by atoms with Crippen LogP contribution in [-0.2, 0) is 27.6 Å². The number of hydrogen-bond donors (Lipinski definition) is 2. The van der Waals surface area contributed by atoms with Gasteiger partial charge in [0.2, 0.25) is 6.73 Å². The molecule has 0 saturated carbocycles. The topological polar surface area (TPSA) is 141 Å². The monoisotopic (exact) mass is 539 g/mol. The van der Waals surface area contributed by atoms with E-state index < -0.39 is 30.5 Å². The van der Waals surface area contributed by atoms with E-state index in [-0.39, 0.29) is 40.5 Å². The quantitative estimate of drug-likeness (QED) is 0.392. The summed E-state index contributed by atoms with van der Waals surface area (Å²) in [6, 6.07) is 6.70. The first-order chi connectivity index (χ1) is 17.2. The maximum Gasteiger partial charge on any atom is 0.417 e. The number of hydrogen-bond acceptors (Lipinski definition) is 9. The van der Waals surface area contributed by atoms with Crippen LogP contribution in [0.25, 0.3) is 0 Å². The minimum atomic E-state index is -0.825. The largest absolute Gasteiger partial charge is 0.460 e. The number of nitrogens with one attached hydrogen (secondary N) is 2. The number of aromatic nitrogens is 4. The van der Waals surface area contributed by atoms with Gasteiger partial charge >= 0.3 is 12.1 Å². The van der Waals surface area contributed by atoms with Crippen LogP contribution in [-0.4, -0.2) is 58.6 Å². The highest BCUT2D eigenvalue weighted by molar-refractivity contribution is 6.35. The zero-order valence-corrected chi connectivity index (χ0v) is 20.5. The Kier molecular flexibility index (Phi) is 9.11. The summed E-state index contributed by atoms with van der Waals surface area (Å²) < 4.78 is 23.5. The molecule has 15 heteroatoms. The molecule has 0 saturated heterocycles. The fourth-order valence-corrected chi connectivity index (χ4v) is 3.22. The Morgan fingerprint density at radius 1 is 1.17 bits per heavy atom. The SMILES string of the molecule is CNCC(=O)OCc1cccnc1N(C)C(=O)OCn1nc(Cl)c(C(=O)Nc2ccc(F)cc2Cl)n1. The second kappa shape index (κ2) is 12.2. The molecule has 0 aliphatic rings. The third kappa shape index (κ3) is 6.87. The Labute approximate surface area is 214 Å². The van der Waals surface area contributed by atoms with Crippen LogP contribution in [0.4, 0.5) is 20.7 Å². The molecule has 2 heterocycles. The number of benzene rings is 1. The molecule has 2 amide bonds. The van der Waals surface area contributed by atoms with E-state index in [1.165, 1.54) is 19.3 Å². The molecule has 3 rings (SSSR count). The van der Waals surface area contributed by atoms with Gasteiger partial charge in [0.25, 0.3) is 5.91 Å². The Hall–Kier alpha value is -3.81. The van der Waals surface area contributed by atoms with Crippen molar-refractivity contribution in [1.29, 1.82) is 0 Å². The van der Waals surface area contributed by atoms with E-state index in [1.54, 1.807) is 19.2 Å². The highest BCUT2D eigenvalue weighted by Gasteiger charge is 2.21. The van der Waals surface area contributed by atoms with E-state index in [4.69, 9.17) is 32.7 Å². The fourth-order valence-electron chi connectivity index (χ4n) is 2.79. The lowest BCUT2D eigenvalue weighted by atomic mass is 10.2. The maximum absolute atomic E-state index is 13.2. The molecule has 0 bridgehead atoms. The van der Waals surface area contributed by atoms with Gasteiger partial charge in [0.1, 0.15) is 18.2 Å². The van der Waals surface area contributed by atoms with Gasteiger partial charge in [-0.3, -0.25) is 14.5 Å². The lowest BCUT2D eigenvalue weighted by Crippen LogP contribution is -2.30. The number of nitrogens with zero attached hydrogens (tertiary/aromatic N) is 5. The minimum absolute atomic E-state index is 0.0190. The van der Waals surface area contributed by atoms with E-state index >= 15 is 0 Å². The van der Waals surface area contributed by atoms with Crippen molar-refractivity contribution in [2.24, 2.45) is 0 Å². The van der Waals surface area contributed by atoms with Gasteiger partial charge < -0.3 is 20.1 Å². The van der Waals surface area contributed by atoms with Crippen LogP contribution in [0.3, 0.4) is 0 Å². The average Bonchev–Trinajstić information content (AvgIpc) is 3.23. The van der Waals surface area contributed by atoms with Crippen LogP contribution in [0.2, 0.25) is 10.2 Å². The summed E-state index contributed by atoms with van der Waals surface area (Å²) in [6.07, 6.45) is 0.638. The Balaban J connectivity index is 1.62. The fraction of sp³-hybridized carbons (Fsp3) is 0.238. The van der Waals surface area contributed by atoms with Crippen molar-refractivity contribution in [2.45, 2.75) is 13.3 Å². The number of ether oxygens (including phenoxy) is 2. The molecule has 0 radical (unpaired) electrons. The van der Waals surface area contributed by atoms with Crippen LogP contribution in [0, 0.1) is 5.82 Å². The number of esters is 1. The summed E-state index contributed by atoms with van der Waals surface area (Å²) in [5, 5.41) is 12.6. The van der Waals surface area contributed by atoms with Crippen LogP contribution in [0.1, 0.15) is 16.1 Å². The van der Waals surface area contributed by atoms with Crippen LogP contribution < -0.4 is 15.5 Å². The highest BCUT2D eigenvalue weighted by Crippen LogP contribution is 2.24. The van der Waals surface area contributed by atoms with E-state index in [0.29, 0.717) is 5.56 Å². The molecule has 0 unspecified atom stereocenters. The number of rotatable bonds is 9.